The van der Waals surface area contributed by atoms with Crippen LogP contribution in [-0.2, 0) is 9.59 Å². The molecule has 1 aliphatic heterocycles. The number of benzene rings is 2. The Balaban J connectivity index is 1.97. The van der Waals surface area contributed by atoms with E-state index in [4.69, 9.17) is 11.6 Å². The number of hydrogen-bond donors (Lipinski definition) is 1. The number of hydrogen-bond acceptors (Lipinski definition) is 4. The topological polar surface area (TPSA) is 70.5 Å². The number of Topliss-reactive ketones (excluding diaryl/α,β-unsaturated/α-hetero) is 1. The summed E-state index contributed by atoms with van der Waals surface area (Å²) in [5.41, 5.74) is 3.52. The van der Waals surface area contributed by atoms with Gasteiger partial charge in [-0.25, -0.2) is 0 Å². The van der Waals surface area contributed by atoms with Crippen LogP contribution >= 0.6 is 11.6 Å². The lowest BCUT2D eigenvalue weighted by Gasteiger charge is -2.26. The Bertz CT molecular complexity index is 1190. The zero-order valence-corrected chi connectivity index (χ0v) is 17.2. The van der Waals surface area contributed by atoms with Crippen LogP contribution in [0.2, 0.25) is 5.02 Å². The van der Waals surface area contributed by atoms with Gasteiger partial charge in [-0.2, -0.15) is 0 Å². The third-order valence-corrected chi connectivity index (χ3v) is 5.39. The SMILES string of the molecule is Cc1ccc(N2C(=O)C(=O)/C(=C(/O)c3cccc(Cl)c3)C2c2cccnc2)c(C)c1. The Morgan fingerprint density at radius 3 is 2.53 bits per heavy atom. The molecule has 6 heteroatoms. The summed E-state index contributed by atoms with van der Waals surface area (Å²) in [5, 5.41) is 11.5. The first-order valence-corrected chi connectivity index (χ1v) is 9.80. The number of aryl methyl sites for hydroxylation is 2. The van der Waals surface area contributed by atoms with Gasteiger partial charge < -0.3 is 5.11 Å². The van der Waals surface area contributed by atoms with Crippen molar-refractivity contribution in [3.8, 4) is 0 Å². The molecule has 3 aromatic rings. The Labute approximate surface area is 179 Å². The van der Waals surface area contributed by atoms with Gasteiger partial charge in [0.05, 0.1) is 11.6 Å². The second-order valence-electron chi connectivity index (χ2n) is 7.26. The average molecular weight is 419 g/mol. The fourth-order valence-electron chi connectivity index (χ4n) is 3.80. The lowest BCUT2D eigenvalue weighted by molar-refractivity contribution is -0.132. The number of carbonyl (C=O) groups is 2. The molecule has 0 saturated carbocycles. The number of halogens is 1. The van der Waals surface area contributed by atoms with Gasteiger partial charge in [-0.1, -0.05) is 47.5 Å². The summed E-state index contributed by atoms with van der Waals surface area (Å²) >= 11 is 6.07. The highest BCUT2D eigenvalue weighted by Gasteiger charge is 2.47. The Morgan fingerprint density at radius 2 is 1.87 bits per heavy atom. The van der Waals surface area contributed by atoms with Gasteiger partial charge in [0.1, 0.15) is 5.76 Å². The first kappa shape index (κ1) is 19.9. The highest BCUT2D eigenvalue weighted by Crippen LogP contribution is 2.43. The Hall–Kier alpha value is -3.44. The van der Waals surface area contributed by atoms with E-state index in [1.54, 1.807) is 48.8 Å². The van der Waals surface area contributed by atoms with E-state index in [9.17, 15) is 14.7 Å². The molecule has 0 aliphatic carbocycles. The largest absolute Gasteiger partial charge is 0.507 e. The number of anilines is 1. The summed E-state index contributed by atoms with van der Waals surface area (Å²) in [5.74, 6) is -1.71. The van der Waals surface area contributed by atoms with E-state index >= 15 is 0 Å². The average Bonchev–Trinajstić information content (AvgIpc) is 2.99. The molecule has 1 atom stereocenters. The zero-order chi connectivity index (χ0) is 21.4. The van der Waals surface area contributed by atoms with E-state index in [1.165, 1.54) is 4.90 Å². The molecule has 1 aromatic heterocycles. The van der Waals surface area contributed by atoms with Gasteiger partial charge in [0.15, 0.2) is 0 Å². The summed E-state index contributed by atoms with van der Waals surface area (Å²) in [7, 11) is 0. The normalized spacial score (nSPS) is 18.1. The Kier molecular flexibility index (Phi) is 5.14. The molecule has 1 amide bonds. The third-order valence-electron chi connectivity index (χ3n) is 5.15. The highest BCUT2D eigenvalue weighted by atomic mass is 35.5. The van der Waals surface area contributed by atoms with Gasteiger partial charge >= 0.3 is 0 Å². The van der Waals surface area contributed by atoms with Crippen LogP contribution in [0.5, 0.6) is 0 Å². The standard InChI is InChI=1S/C24H19ClN2O3/c1-14-8-9-19(15(2)11-14)27-21(17-6-4-10-26-13-17)20(23(29)24(27)30)22(28)16-5-3-7-18(25)12-16/h3-13,21,28H,1-2H3/b22-20+. The first-order valence-electron chi connectivity index (χ1n) is 9.42. The van der Waals surface area contributed by atoms with Gasteiger partial charge in [0.2, 0.25) is 0 Å². The van der Waals surface area contributed by atoms with E-state index in [1.807, 2.05) is 32.0 Å². The Morgan fingerprint density at radius 1 is 1.07 bits per heavy atom. The third kappa shape index (κ3) is 3.37. The first-order chi connectivity index (χ1) is 14.4. The van der Waals surface area contributed by atoms with Crippen molar-refractivity contribution in [2.45, 2.75) is 19.9 Å². The highest BCUT2D eigenvalue weighted by molar-refractivity contribution is 6.51. The second kappa shape index (κ2) is 7.76. The number of aromatic nitrogens is 1. The van der Waals surface area contributed by atoms with Crippen LogP contribution in [0.1, 0.15) is 28.3 Å². The number of amides is 1. The van der Waals surface area contributed by atoms with Crippen LogP contribution in [0.25, 0.3) is 5.76 Å². The van der Waals surface area contributed by atoms with Gasteiger partial charge in [0.25, 0.3) is 11.7 Å². The van der Waals surface area contributed by atoms with Gasteiger partial charge in [-0.15, -0.1) is 0 Å². The molecule has 1 unspecified atom stereocenters. The van der Waals surface area contributed by atoms with Crippen LogP contribution < -0.4 is 4.90 Å². The van der Waals surface area contributed by atoms with E-state index in [0.29, 0.717) is 21.8 Å². The quantitative estimate of drug-likeness (QED) is 0.370. The molecule has 2 heterocycles. The van der Waals surface area contributed by atoms with Gasteiger partial charge in [-0.3, -0.25) is 19.5 Å². The van der Waals surface area contributed by atoms with Crippen molar-refractivity contribution in [3.05, 3.63) is 99.8 Å². The summed E-state index contributed by atoms with van der Waals surface area (Å²) in [6.45, 7) is 3.85. The van der Waals surface area contributed by atoms with Gasteiger partial charge in [0, 0.05) is 28.7 Å². The van der Waals surface area contributed by atoms with E-state index in [0.717, 1.165) is 11.1 Å². The van der Waals surface area contributed by atoms with Crippen molar-refractivity contribution in [2.75, 3.05) is 4.90 Å². The monoisotopic (exact) mass is 418 g/mol. The van der Waals surface area contributed by atoms with Crippen molar-refractivity contribution < 1.29 is 14.7 Å². The summed E-state index contributed by atoms with van der Waals surface area (Å²) in [4.78, 5) is 31.8. The van der Waals surface area contributed by atoms with Crippen molar-refractivity contribution in [1.82, 2.24) is 4.98 Å². The lowest BCUT2D eigenvalue weighted by Crippen LogP contribution is -2.30. The summed E-state index contributed by atoms with van der Waals surface area (Å²) < 4.78 is 0. The van der Waals surface area contributed by atoms with E-state index in [2.05, 4.69) is 4.98 Å². The van der Waals surface area contributed by atoms with Crippen molar-refractivity contribution in [3.63, 3.8) is 0 Å². The minimum absolute atomic E-state index is 0.00948. The maximum absolute atomic E-state index is 13.1. The molecule has 5 nitrogen and oxygen atoms in total. The van der Waals surface area contributed by atoms with Crippen LogP contribution in [0, 0.1) is 13.8 Å². The lowest BCUT2D eigenvalue weighted by atomic mass is 9.96. The zero-order valence-electron chi connectivity index (χ0n) is 16.5. The molecule has 1 aliphatic rings. The second-order valence-corrected chi connectivity index (χ2v) is 7.69. The fraction of sp³-hybridized carbons (Fsp3) is 0.125. The van der Waals surface area contributed by atoms with Crippen LogP contribution in [0.15, 0.2) is 72.6 Å². The molecule has 150 valence electrons. The number of aliphatic hydroxyl groups is 1. The predicted molar refractivity (Wildman–Crippen MR) is 116 cm³/mol. The molecule has 0 spiro atoms. The van der Waals surface area contributed by atoms with Crippen LogP contribution in [0.4, 0.5) is 5.69 Å². The molecular formula is C24H19ClN2O3. The molecule has 1 N–H and O–H groups in total. The number of carbonyl (C=O) groups excluding carboxylic acids is 2. The van der Waals surface area contributed by atoms with E-state index < -0.39 is 17.7 Å². The van der Waals surface area contributed by atoms with Crippen molar-refractivity contribution in [2.24, 2.45) is 0 Å². The molecule has 4 rings (SSSR count). The molecule has 2 aromatic carbocycles. The number of pyridine rings is 1. The maximum atomic E-state index is 13.1. The minimum atomic E-state index is -0.806. The van der Waals surface area contributed by atoms with E-state index in [-0.39, 0.29) is 11.3 Å². The predicted octanol–water partition coefficient (Wildman–Crippen LogP) is 4.98. The molecule has 1 fully saturated rings. The number of nitrogens with zero attached hydrogens (tertiary/aromatic N) is 2. The summed E-state index contributed by atoms with van der Waals surface area (Å²) in [6, 6.07) is 14.9. The maximum Gasteiger partial charge on any atom is 0.300 e. The number of rotatable bonds is 3. The molecule has 0 radical (unpaired) electrons. The van der Waals surface area contributed by atoms with Crippen LogP contribution in [-0.4, -0.2) is 21.8 Å². The molecule has 30 heavy (non-hydrogen) atoms. The van der Waals surface area contributed by atoms with Crippen LogP contribution in [0.3, 0.4) is 0 Å². The summed E-state index contributed by atoms with van der Waals surface area (Å²) in [6.07, 6.45) is 3.21. The van der Waals surface area contributed by atoms with Gasteiger partial charge in [-0.05, 0) is 49.2 Å². The van der Waals surface area contributed by atoms with Crippen molar-refractivity contribution in [1.29, 1.82) is 0 Å². The molecular weight excluding hydrogens is 400 g/mol. The molecule has 1 saturated heterocycles. The smallest absolute Gasteiger partial charge is 0.300 e. The number of ketones is 1. The number of aliphatic hydroxyl groups excluding tert-OH is 1. The molecule has 0 bridgehead atoms. The minimum Gasteiger partial charge on any atom is -0.507 e. The van der Waals surface area contributed by atoms with Crippen molar-refractivity contribution >= 4 is 34.7 Å². The fourth-order valence-corrected chi connectivity index (χ4v) is 3.99.